The maximum atomic E-state index is 5.57. The lowest BCUT2D eigenvalue weighted by atomic mass is 10.5. The van der Waals surface area contributed by atoms with E-state index in [1.54, 1.807) is 0 Å². The highest BCUT2D eigenvalue weighted by Crippen LogP contribution is 2.17. The Hall–Kier alpha value is -1.07. The fourth-order valence-electron chi connectivity index (χ4n) is 0.812. The van der Waals surface area contributed by atoms with Gasteiger partial charge in [-0.3, -0.25) is 0 Å². The van der Waals surface area contributed by atoms with Gasteiger partial charge in [0.15, 0.2) is 0 Å². The maximum absolute atomic E-state index is 5.57. The number of nitrogens with two attached hydrogens (primary N) is 1. The van der Waals surface area contributed by atoms with Gasteiger partial charge in [0.1, 0.15) is 12.3 Å². The zero-order valence-corrected chi connectivity index (χ0v) is 8.62. The molecule has 1 heterocycles. The molecule has 0 aromatic carbocycles. The predicted octanol–water partition coefficient (Wildman–Crippen LogP) is 1.13. The van der Waals surface area contributed by atoms with Crippen molar-refractivity contribution in [2.24, 2.45) is 0 Å². The Kier molecular flexibility index (Phi) is 4.42. The van der Waals surface area contributed by atoms with Gasteiger partial charge in [0.05, 0.1) is 12.8 Å². The van der Waals surface area contributed by atoms with Crippen molar-refractivity contribution in [3.8, 4) is 5.88 Å². The molecule has 0 saturated heterocycles. The first-order valence-electron chi connectivity index (χ1n) is 4.22. The molecule has 6 heteroatoms. The third-order valence-corrected chi connectivity index (χ3v) is 1.60. The van der Waals surface area contributed by atoms with Gasteiger partial charge < -0.3 is 15.2 Å². The molecule has 78 valence electrons. The summed E-state index contributed by atoms with van der Waals surface area (Å²) >= 11 is 5.57. The standard InChI is InChI=1S/C8H12ClN3O2/c1-2-13-3-4-14-7-6(10)5-11-8(9)12-7/h5H,2-4,10H2,1H3. The minimum atomic E-state index is 0.116. The van der Waals surface area contributed by atoms with Crippen LogP contribution in [0.2, 0.25) is 5.28 Å². The van der Waals surface area contributed by atoms with E-state index < -0.39 is 0 Å². The summed E-state index contributed by atoms with van der Waals surface area (Å²) < 4.78 is 10.3. The molecule has 0 fully saturated rings. The van der Waals surface area contributed by atoms with E-state index in [2.05, 4.69) is 9.97 Å². The highest BCUT2D eigenvalue weighted by molar-refractivity contribution is 6.28. The molecule has 0 radical (unpaired) electrons. The molecule has 1 rings (SSSR count). The first-order valence-corrected chi connectivity index (χ1v) is 4.60. The first-order chi connectivity index (χ1) is 6.74. The second kappa shape index (κ2) is 5.62. The topological polar surface area (TPSA) is 70.3 Å². The van der Waals surface area contributed by atoms with Crippen LogP contribution in [-0.4, -0.2) is 29.8 Å². The predicted molar refractivity (Wildman–Crippen MR) is 53.4 cm³/mol. The third kappa shape index (κ3) is 3.35. The zero-order valence-electron chi connectivity index (χ0n) is 7.86. The van der Waals surface area contributed by atoms with Crippen molar-refractivity contribution in [1.29, 1.82) is 0 Å². The second-order valence-electron chi connectivity index (χ2n) is 2.44. The van der Waals surface area contributed by atoms with Crippen LogP contribution in [0, 0.1) is 0 Å². The molecular formula is C8H12ClN3O2. The molecule has 0 atom stereocenters. The van der Waals surface area contributed by atoms with Gasteiger partial charge in [0.25, 0.3) is 0 Å². The quantitative estimate of drug-likeness (QED) is 0.591. The monoisotopic (exact) mass is 217 g/mol. The van der Waals surface area contributed by atoms with E-state index in [1.165, 1.54) is 6.20 Å². The molecule has 1 aromatic heterocycles. The lowest BCUT2D eigenvalue weighted by Gasteiger charge is -2.06. The van der Waals surface area contributed by atoms with Crippen molar-refractivity contribution >= 4 is 17.3 Å². The molecule has 0 amide bonds. The number of anilines is 1. The molecular weight excluding hydrogens is 206 g/mol. The SMILES string of the molecule is CCOCCOc1nc(Cl)ncc1N. The van der Waals surface area contributed by atoms with Crippen LogP contribution in [0.5, 0.6) is 5.88 Å². The number of nitrogens with zero attached hydrogens (tertiary/aromatic N) is 2. The zero-order chi connectivity index (χ0) is 10.4. The van der Waals surface area contributed by atoms with E-state index in [9.17, 15) is 0 Å². The number of nitrogen functional groups attached to an aromatic ring is 1. The fourth-order valence-corrected chi connectivity index (χ4v) is 0.938. The van der Waals surface area contributed by atoms with Crippen molar-refractivity contribution in [2.75, 3.05) is 25.6 Å². The summed E-state index contributed by atoms with van der Waals surface area (Å²) in [6.45, 7) is 3.46. The average molecular weight is 218 g/mol. The third-order valence-electron chi connectivity index (χ3n) is 1.42. The van der Waals surface area contributed by atoms with Crippen molar-refractivity contribution in [3.05, 3.63) is 11.5 Å². The molecule has 0 spiro atoms. The maximum Gasteiger partial charge on any atom is 0.241 e. The van der Waals surface area contributed by atoms with E-state index >= 15 is 0 Å². The van der Waals surface area contributed by atoms with Crippen LogP contribution in [0.15, 0.2) is 6.20 Å². The molecule has 5 nitrogen and oxygen atoms in total. The first kappa shape index (κ1) is 11.0. The Balaban J connectivity index is 2.45. The highest BCUT2D eigenvalue weighted by atomic mass is 35.5. The minimum absolute atomic E-state index is 0.116. The molecule has 0 aliphatic carbocycles. The molecule has 14 heavy (non-hydrogen) atoms. The van der Waals surface area contributed by atoms with Crippen LogP contribution in [0.4, 0.5) is 5.69 Å². The van der Waals surface area contributed by atoms with Crippen LogP contribution >= 0.6 is 11.6 Å². The van der Waals surface area contributed by atoms with Crippen LogP contribution in [-0.2, 0) is 4.74 Å². The number of rotatable bonds is 5. The molecule has 0 aliphatic rings. The van der Waals surface area contributed by atoms with Gasteiger partial charge in [-0.1, -0.05) is 0 Å². The second-order valence-corrected chi connectivity index (χ2v) is 2.78. The van der Waals surface area contributed by atoms with Gasteiger partial charge in [-0.05, 0) is 18.5 Å². The van der Waals surface area contributed by atoms with Crippen LogP contribution in [0.25, 0.3) is 0 Å². The minimum Gasteiger partial charge on any atom is -0.474 e. The summed E-state index contributed by atoms with van der Waals surface area (Å²) in [7, 11) is 0. The van der Waals surface area contributed by atoms with Gasteiger partial charge in [0, 0.05) is 6.61 Å². The summed E-state index contributed by atoms with van der Waals surface area (Å²) in [4.78, 5) is 7.52. The smallest absolute Gasteiger partial charge is 0.241 e. The lowest BCUT2D eigenvalue weighted by Crippen LogP contribution is -2.09. The van der Waals surface area contributed by atoms with E-state index in [0.29, 0.717) is 31.4 Å². The van der Waals surface area contributed by atoms with Crippen LogP contribution < -0.4 is 10.5 Å². The summed E-state index contributed by atoms with van der Waals surface area (Å²) in [5.41, 5.74) is 5.92. The van der Waals surface area contributed by atoms with Gasteiger partial charge in [-0.15, -0.1) is 0 Å². The number of hydrogen-bond acceptors (Lipinski definition) is 5. The highest BCUT2D eigenvalue weighted by Gasteiger charge is 2.03. The number of ether oxygens (including phenoxy) is 2. The summed E-state index contributed by atoms with van der Waals surface area (Å²) in [5.74, 6) is 0.296. The number of hydrogen-bond donors (Lipinski definition) is 1. The van der Waals surface area contributed by atoms with Gasteiger partial charge in [-0.25, -0.2) is 4.98 Å². The van der Waals surface area contributed by atoms with Crippen molar-refractivity contribution in [3.63, 3.8) is 0 Å². The Morgan fingerprint density at radius 3 is 3.00 bits per heavy atom. The van der Waals surface area contributed by atoms with E-state index in [1.807, 2.05) is 6.92 Å². The summed E-state index contributed by atoms with van der Waals surface area (Å²) in [6.07, 6.45) is 1.41. The largest absolute Gasteiger partial charge is 0.474 e. The molecule has 1 aromatic rings. The Morgan fingerprint density at radius 1 is 1.50 bits per heavy atom. The lowest BCUT2D eigenvalue weighted by molar-refractivity contribution is 0.108. The summed E-state index contributed by atoms with van der Waals surface area (Å²) in [6, 6.07) is 0. The van der Waals surface area contributed by atoms with E-state index in [4.69, 9.17) is 26.8 Å². The van der Waals surface area contributed by atoms with Gasteiger partial charge in [-0.2, -0.15) is 4.98 Å². The molecule has 0 bridgehead atoms. The van der Waals surface area contributed by atoms with Crippen molar-refractivity contribution in [2.45, 2.75) is 6.92 Å². The Morgan fingerprint density at radius 2 is 2.29 bits per heavy atom. The molecule has 2 N–H and O–H groups in total. The Bertz CT molecular complexity index is 296. The molecule has 0 saturated carbocycles. The number of aromatic nitrogens is 2. The van der Waals surface area contributed by atoms with Gasteiger partial charge >= 0.3 is 0 Å². The van der Waals surface area contributed by atoms with Crippen molar-refractivity contribution in [1.82, 2.24) is 9.97 Å². The molecule has 0 unspecified atom stereocenters. The number of halogens is 1. The van der Waals surface area contributed by atoms with Crippen LogP contribution in [0.1, 0.15) is 6.92 Å². The Labute approximate surface area is 87.2 Å². The molecule has 0 aliphatic heterocycles. The van der Waals surface area contributed by atoms with Crippen molar-refractivity contribution < 1.29 is 9.47 Å². The van der Waals surface area contributed by atoms with E-state index in [0.717, 1.165) is 0 Å². The average Bonchev–Trinajstić information content (AvgIpc) is 2.18. The van der Waals surface area contributed by atoms with Gasteiger partial charge in [0.2, 0.25) is 11.2 Å². The van der Waals surface area contributed by atoms with E-state index in [-0.39, 0.29) is 5.28 Å². The van der Waals surface area contributed by atoms with Crippen LogP contribution in [0.3, 0.4) is 0 Å². The fraction of sp³-hybridized carbons (Fsp3) is 0.500. The summed E-state index contributed by atoms with van der Waals surface area (Å²) in [5, 5.41) is 0.116. The normalized spacial score (nSPS) is 10.1.